The molecule has 0 radical (unpaired) electrons. The van der Waals surface area contributed by atoms with Crippen LogP contribution in [0.3, 0.4) is 0 Å². The molecule has 0 fully saturated rings. The maximum Gasteiger partial charge on any atom is 0.123 e. The van der Waals surface area contributed by atoms with Crippen molar-refractivity contribution in [3.8, 4) is 0 Å². The third-order valence-corrected chi connectivity index (χ3v) is 3.75. The minimum Gasteiger partial charge on any atom is -0.378 e. The first kappa shape index (κ1) is 11.3. The molecule has 0 saturated heterocycles. The van der Waals surface area contributed by atoms with Gasteiger partial charge in [0.2, 0.25) is 0 Å². The molecule has 0 aromatic heterocycles. The molecule has 1 N–H and O–H groups in total. The molecular weight excluding hydrogens is 225 g/mol. The first-order chi connectivity index (χ1) is 8.63. The lowest BCUT2D eigenvalue weighted by Crippen LogP contribution is -2.05. The Morgan fingerprint density at radius 1 is 1.06 bits per heavy atom. The summed E-state index contributed by atoms with van der Waals surface area (Å²) in [6.45, 7) is 4.27. The molecule has 92 valence electrons. The van der Waals surface area contributed by atoms with E-state index in [1.165, 1.54) is 34.5 Å². The minimum atomic E-state index is -0.180. The summed E-state index contributed by atoms with van der Waals surface area (Å²) in [5.41, 5.74) is 6.35. The summed E-state index contributed by atoms with van der Waals surface area (Å²) >= 11 is 0. The smallest absolute Gasteiger partial charge is 0.123 e. The lowest BCUT2D eigenvalue weighted by Gasteiger charge is -2.11. The zero-order chi connectivity index (χ0) is 12.7. The standard InChI is InChI=1S/C16H16FN/c1-10-7-13-9-16(18-15(13)8-11(10)2)12-3-5-14(17)6-4-12/h3-8,16,18H,9H2,1-2H3. The summed E-state index contributed by atoms with van der Waals surface area (Å²) in [6, 6.07) is 11.5. The molecule has 1 heterocycles. The van der Waals surface area contributed by atoms with Crippen LogP contribution in [0, 0.1) is 19.7 Å². The van der Waals surface area contributed by atoms with Crippen molar-refractivity contribution in [2.45, 2.75) is 26.3 Å². The van der Waals surface area contributed by atoms with Gasteiger partial charge in [-0.1, -0.05) is 18.2 Å². The predicted octanol–water partition coefficient (Wildman–Crippen LogP) is 4.15. The summed E-state index contributed by atoms with van der Waals surface area (Å²) in [4.78, 5) is 0. The van der Waals surface area contributed by atoms with Gasteiger partial charge in [0, 0.05) is 5.69 Å². The number of halogens is 1. The van der Waals surface area contributed by atoms with E-state index in [2.05, 4.69) is 31.3 Å². The molecule has 2 aromatic rings. The van der Waals surface area contributed by atoms with Gasteiger partial charge in [-0.25, -0.2) is 4.39 Å². The number of anilines is 1. The Hall–Kier alpha value is -1.83. The van der Waals surface area contributed by atoms with Crippen molar-refractivity contribution in [1.82, 2.24) is 0 Å². The Labute approximate surface area is 107 Å². The Bertz CT molecular complexity index is 556. The van der Waals surface area contributed by atoms with Crippen molar-refractivity contribution in [1.29, 1.82) is 0 Å². The number of rotatable bonds is 1. The maximum absolute atomic E-state index is 12.9. The van der Waals surface area contributed by atoms with Gasteiger partial charge in [-0.3, -0.25) is 0 Å². The zero-order valence-corrected chi connectivity index (χ0v) is 10.6. The lowest BCUT2D eigenvalue weighted by atomic mass is 10.0. The van der Waals surface area contributed by atoms with E-state index in [1.807, 2.05) is 12.1 Å². The van der Waals surface area contributed by atoms with Crippen molar-refractivity contribution < 1.29 is 4.39 Å². The van der Waals surface area contributed by atoms with Crippen LogP contribution in [0.15, 0.2) is 36.4 Å². The number of fused-ring (bicyclic) bond motifs is 1. The Morgan fingerprint density at radius 2 is 1.72 bits per heavy atom. The van der Waals surface area contributed by atoms with Crippen LogP contribution in [0.5, 0.6) is 0 Å². The number of hydrogen-bond acceptors (Lipinski definition) is 1. The van der Waals surface area contributed by atoms with Gasteiger partial charge >= 0.3 is 0 Å². The van der Waals surface area contributed by atoms with Crippen LogP contribution in [0.1, 0.15) is 28.3 Å². The second-order valence-corrected chi connectivity index (χ2v) is 5.05. The van der Waals surface area contributed by atoms with Crippen LogP contribution in [0.4, 0.5) is 10.1 Å². The molecule has 0 bridgehead atoms. The SMILES string of the molecule is Cc1cc2c(cc1C)NC(c1ccc(F)cc1)C2. The minimum absolute atomic E-state index is 0.180. The molecular formula is C16H16FN. The normalized spacial score (nSPS) is 17.4. The Balaban J connectivity index is 1.91. The van der Waals surface area contributed by atoms with Gasteiger partial charge in [0.15, 0.2) is 0 Å². The zero-order valence-electron chi connectivity index (χ0n) is 10.6. The molecule has 0 spiro atoms. The highest BCUT2D eigenvalue weighted by atomic mass is 19.1. The summed E-state index contributed by atoms with van der Waals surface area (Å²) in [5.74, 6) is -0.180. The van der Waals surface area contributed by atoms with Crippen molar-refractivity contribution in [3.63, 3.8) is 0 Å². The molecule has 2 heteroatoms. The van der Waals surface area contributed by atoms with E-state index in [9.17, 15) is 4.39 Å². The van der Waals surface area contributed by atoms with E-state index >= 15 is 0 Å². The molecule has 1 aliphatic heterocycles. The van der Waals surface area contributed by atoms with Crippen molar-refractivity contribution in [2.75, 3.05) is 5.32 Å². The number of benzene rings is 2. The van der Waals surface area contributed by atoms with E-state index in [-0.39, 0.29) is 11.9 Å². The highest BCUT2D eigenvalue weighted by Gasteiger charge is 2.22. The Morgan fingerprint density at radius 3 is 2.44 bits per heavy atom. The van der Waals surface area contributed by atoms with Gasteiger partial charge in [-0.2, -0.15) is 0 Å². The highest BCUT2D eigenvalue weighted by Crippen LogP contribution is 2.35. The summed E-state index contributed by atoms with van der Waals surface area (Å²) < 4.78 is 12.9. The molecule has 0 aliphatic carbocycles. The largest absolute Gasteiger partial charge is 0.378 e. The van der Waals surface area contributed by atoms with Crippen LogP contribution < -0.4 is 5.32 Å². The van der Waals surface area contributed by atoms with E-state index in [4.69, 9.17) is 0 Å². The first-order valence-corrected chi connectivity index (χ1v) is 6.25. The summed E-state index contributed by atoms with van der Waals surface area (Å²) in [5, 5.41) is 3.52. The fraction of sp³-hybridized carbons (Fsp3) is 0.250. The van der Waals surface area contributed by atoms with Gasteiger partial charge in [0.1, 0.15) is 5.82 Å². The van der Waals surface area contributed by atoms with Crippen molar-refractivity contribution in [3.05, 3.63) is 64.5 Å². The molecule has 1 atom stereocenters. The van der Waals surface area contributed by atoms with Gasteiger partial charge < -0.3 is 5.32 Å². The topological polar surface area (TPSA) is 12.0 Å². The summed E-state index contributed by atoms with van der Waals surface area (Å²) in [7, 11) is 0. The van der Waals surface area contributed by atoms with Gasteiger partial charge in [0.05, 0.1) is 6.04 Å². The van der Waals surface area contributed by atoms with Crippen molar-refractivity contribution in [2.24, 2.45) is 0 Å². The average Bonchev–Trinajstić information content (AvgIpc) is 2.73. The van der Waals surface area contributed by atoms with Crippen LogP contribution in [-0.4, -0.2) is 0 Å². The Kier molecular flexibility index (Phi) is 2.58. The quantitative estimate of drug-likeness (QED) is 0.790. The number of hydrogen-bond donors (Lipinski definition) is 1. The maximum atomic E-state index is 12.9. The molecule has 2 aromatic carbocycles. The number of aryl methyl sites for hydroxylation is 2. The molecule has 1 unspecified atom stereocenters. The van der Waals surface area contributed by atoms with Crippen LogP contribution in [0.25, 0.3) is 0 Å². The van der Waals surface area contributed by atoms with Gasteiger partial charge in [-0.15, -0.1) is 0 Å². The van der Waals surface area contributed by atoms with Crippen LogP contribution in [0.2, 0.25) is 0 Å². The average molecular weight is 241 g/mol. The van der Waals surface area contributed by atoms with Gasteiger partial charge in [-0.05, 0) is 60.7 Å². The molecule has 3 rings (SSSR count). The van der Waals surface area contributed by atoms with Crippen LogP contribution >= 0.6 is 0 Å². The highest BCUT2D eigenvalue weighted by molar-refractivity contribution is 5.61. The molecule has 0 saturated carbocycles. The van der Waals surface area contributed by atoms with Crippen LogP contribution in [-0.2, 0) is 6.42 Å². The second kappa shape index (κ2) is 4.13. The van der Waals surface area contributed by atoms with E-state index in [0.717, 1.165) is 12.0 Å². The fourth-order valence-corrected chi connectivity index (χ4v) is 2.53. The third kappa shape index (κ3) is 1.88. The molecule has 1 nitrogen and oxygen atoms in total. The van der Waals surface area contributed by atoms with Crippen molar-refractivity contribution >= 4 is 5.69 Å². The fourth-order valence-electron chi connectivity index (χ4n) is 2.53. The van der Waals surface area contributed by atoms with E-state index < -0.39 is 0 Å². The monoisotopic (exact) mass is 241 g/mol. The molecule has 1 aliphatic rings. The molecule has 18 heavy (non-hydrogen) atoms. The van der Waals surface area contributed by atoms with E-state index in [1.54, 1.807) is 0 Å². The predicted molar refractivity (Wildman–Crippen MR) is 72.4 cm³/mol. The third-order valence-electron chi connectivity index (χ3n) is 3.75. The second-order valence-electron chi connectivity index (χ2n) is 5.05. The first-order valence-electron chi connectivity index (χ1n) is 6.25. The van der Waals surface area contributed by atoms with E-state index in [0.29, 0.717) is 0 Å². The lowest BCUT2D eigenvalue weighted by molar-refractivity contribution is 0.626. The molecule has 0 amide bonds. The van der Waals surface area contributed by atoms with Gasteiger partial charge in [0.25, 0.3) is 0 Å². The number of nitrogens with one attached hydrogen (secondary N) is 1. The summed E-state index contributed by atoms with van der Waals surface area (Å²) in [6.07, 6.45) is 0.974.